The smallest absolute Gasteiger partial charge is 0.307 e. The zero-order valence-corrected chi connectivity index (χ0v) is 17.4. The minimum absolute atomic E-state index is 0.541. The van der Waals surface area contributed by atoms with Crippen molar-refractivity contribution in [3.8, 4) is 6.01 Å². The second kappa shape index (κ2) is 6.02. The van der Waals surface area contributed by atoms with E-state index in [-0.39, 0.29) is 0 Å². The molecule has 5 aromatic carbocycles. The van der Waals surface area contributed by atoms with Gasteiger partial charge in [0.25, 0.3) is 0 Å². The van der Waals surface area contributed by atoms with E-state index in [1.165, 1.54) is 16.2 Å². The summed E-state index contributed by atoms with van der Waals surface area (Å²) < 4.78 is 14.8. The van der Waals surface area contributed by atoms with Gasteiger partial charge in [-0.25, -0.2) is 0 Å². The predicted molar refractivity (Wildman–Crippen MR) is 133 cm³/mol. The van der Waals surface area contributed by atoms with Crippen molar-refractivity contribution in [2.24, 2.45) is 0 Å². The van der Waals surface area contributed by atoms with Crippen molar-refractivity contribution in [1.82, 2.24) is 9.55 Å². The van der Waals surface area contributed by atoms with Crippen LogP contribution in [0.1, 0.15) is 0 Å². The second-order valence-electron chi connectivity index (χ2n) is 8.42. The van der Waals surface area contributed by atoms with Crippen LogP contribution in [-0.4, -0.2) is 9.55 Å². The molecule has 0 saturated carbocycles. The summed E-state index contributed by atoms with van der Waals surface area (Å²) in [6, 6.07) is 33.8. The zero-order valence-electron chi connectivity index (χ0n) is 17.4. The van der Waals surface area contributed by atoms with Crippen molar-refractivity contribution < 1.29 is 8.83 Å². The molecule has 0 unspecified atom stereocenters. The van der Waals surface area contributed by atoms with Crippen LogP contribution < -0.4 is 0 Å². The third kappa shape index (κ3) is 2.17. The Labute approximate surface area is 187 Å². The first kappa shape index (κ1) is 17.0. The van der Waals surface area contributed by atoms with Crippen LogP contribution in [0, 0.1) is 0 Å². The maximum atomic E-state index is 6.45. The summed E-state index contributed by atoms with van der Waals surface area (Å²) in [5.74, 6) is 0. The number of oxazole rings is 1. The minimum atomic E-state index is 0.541. The first-order valence-corrected chi connectivity index (χ1v) is 11.0. The highest BCUT2D eigenvalue weighted by Gasteiger charge is 2.22. The quantitative estimate of drug-likeness (QED) is 0.268. The molecule has 0 radical (unpaired) electrons. The van der Waals surface area contributed by atoms with Crippen LogP contribution in [0.2, 0.25) is 0 Å². The molecule has 4 heteroatoms. The summed E-state index contributed by atoms with van der Waals surface area (Å²) in [7, 11) is 0. The van der Waals surface area contributed by atoms with Crippen LogP contribution in [0.25, 0.3) is 71.6 Å². The third-order valence-corrected chi connectivity index (χ3v) is 6.64. The van der Waals surface area contributed by atoms with E-state index in [0.717, 1.165) is 49.5 Å². The SMILES string of the molecule is c1ccc2c(c1)ccc1c2c2ccc3c4ccccc4oc3c2n1-c1nc2ccccc2o1. The van der Waals surface area contributed by atoms with Crippen LogP contribution in [0.3, 0.4) is 0 Å². The largest absolute Gasteiger partial charge is 0.454 e. The highest BCUT2D eigenvalue weighted by Crippen LogP contribution is 2.42. The Kier molecular flexibility index (Phi) is 3.11. The lowest BCUT2D eigenvalue weighted by atomic mass is 10.0. The Morgan fingerprint density at radius 3 is 2.24 bits per heavy atom. The predicted octanol–water partition coefficient (Wildman–Crippen LogP) is 7.98. The maximum absolute atomic E-state index is 6.45. The molecule has 3 heterocycles. The van der Waals surface area contributed by atoms with Crippen LogP contribution in [0.4, 0.5) is 0 Å². The van der Waals surface area contributed by atoms with Gasteiger partial charge in [0.1, 0.15) is 16.6 Å². The third-order valence-electron chi connectivity index (χ3n) is 6.64. The van der Waals surface area contributed by atoms with Gasteiger partial charge in [-0.1, -0.05) is 66.7 Å². The highest BCUT2D eigenvalue weighted by atomic mass is 16.4. The number of benzene rings is 5. The molecular weight excluding hydrogens is 408 g/mol. The van der Waals surface area contributed by atoms with Gasteiger partial charge in [0, 0.05) is 21.5 Å². The Morgan fingerprint density at radius 1 is 0.576 bits per heavy atom. The van der Waals surface area contributed by atoms with Crippen LogP contribution in [0.5, 0.6) is 0 Å². The van der Waals surface area contributed by atoms with E-state index in [9.17, 15) is 0 Å². The fraction of sp³-hybridized carbons (Fsp3) is 0. The molecule has 0 N–H and O–H groups in total. The van der Waals surface area contributed by atoms with Gasteiger partial charge in [-0.3, -0.25) is 4.57 Å². The molecule has 0 amide bonds. The molecule has 0 aliphatic heterocycles. The number of furan rings is 1. The topological polar surface area (TPSA) is 44.1 Å². The monoisotopic (exact) mass is 424 g/mol. The second-order valence-corrected chi connectivity index (χ2v) is 8.42. The lowest BCUT2D eigenvalue weighted by molar-refractivity contribution is 0.573. The Hall–Kier alpha value is -4.57. The van der Waals surface area contributed by atoms with Gasteiger partial charge >= 0.3 is 6.01 Å². The number of fused-ring (bicyclic) bond motifs is 10. The van der Waals surface area contributed by atoms with Crippen LogP contribution >= 0.6 is 0 Å². The molecule has 0 aliphatic carbocycles. The van der Waals surface area contributed by atoms with Gasteiger partial charge in [-0.2, -0.15) is 4.98 Å². The molecule has 8 aromatic rings. The van der Waals surface area contributed by atoms with Crippen molar-refractivity contribution in [2.45, 2.75) is 0 Å². The Balaban J connectivity index is 1.66. The van der Waals surface area contributed by atoms with E-state index in [4.69, 9.17) is 13.8 Å². The molecule has 0 bridgehead atoms. The van der Waals surface area contributed by atoms with E-state index in [2.05, 4.69) is 59.2 Å². The number of hydrogen-bond donors (Lipinski definition) is 0. The normalized spacial score (nSPS) is 12.2. The van der Waals surface area contributed by atoms with E-state index >= 15 is 0 Å². The average Bonchev–Trinajstić information content (AvgIpc) is 3.54. The van der Waals surface area contributed by atoms with Gasteiger partial charge in [0.2, 0.25) is 0 Å². The first-order valence-electron chi connectivity index (χ1n) is 11.0. The summed E-state index contributed by atoms with van der Waals surface area (Å²) in [4.78, 5) is 4.85. The molecule has 33 heavy (non-hydrogen) atoms. The summed E-state index contributed by atoms with van der Waals surface area (Å²) in [5.41, 5.74) is 5.33. The van der Waals surface area contributed by atoms with Crippen molar-refractivity contribution in [3.05, 3.63) is 97.1 Å². The Morgan fingerprint density at radius 2 is 1.33 bits per heavy atom. The van der Waals surface area contributed by atoms with E-state index in [0.29, 0.717) is 6.01 Å². The number of aromatic nitrogens is 2. The van der Waals surface area contributed by atoms with Gasteiger partial charge < -0.3 is 8.83 Å². The average molecular weight is 424 g/mol. The lowest BCUT2D eigenvalue weighted by Crippen LogP contribution is -1.94. The molecule has 8 rings (SSSR count). The fourth-order valence-corrected chi connectivity index (χ4v) is 5.20. The zero-order chi connectivity index (χ0) is 21.5. The molecular formula is C29H16N2O2. The Bertz CT molecular complexity index is 2000. The maximum Gasteiger partial charge on any atom is 0.307 e. The van der Waals surface area contributed by atoms with Gasteiger partial charge in [-0.15, -0.1) is 0 Å². The van der Waals surface area contributed by atoms with Gasteiger partial charge in [0.15, 0.2) is 11.2 Å². The minimum Gasteiger partial charge on any atom is -0.454 e. The molecule has 0 saturated heterocycles. The van der Waals surface area contributed by atoms with E-state index < -0.39 is 0 Å². The summed E-state index contributed by atoms with van der Waals surface area (Å²) in [5, 5.41) is 6.89. The molecule has 0 atom stereocenters. The van der Waals surface area contributed by atoms with Crippen LogP contribution in [-0.2, 0) is 0 Å². The first-order chi connectivity index (χ1) is 16.4. The van der Waals surface area contributed by atoms with Crippen molar-refractivity contribution in [3.63, 3.8) is 0 Å². The van der Waals surface area contributed by atoms with E-state index in [1.807, 2.05) is 42.5 Å². The van der Waals surface area contributed by atoms with Crippen molar-refractivity contribution >= 4 is 65.6 Å². The summed E-state index contributed by atoms with van der Waals surface area (Å²) in [6.07, 6.45) is 0. The number of nitrogens with zero attached hydrogens (tertiary/aromatic N) is 2. The van der Waals surface area contributed by atoms with Crippen molar-refractivity contribution in [2.75, 3.05) is 0 Å². The van der Waals surface area contributed by atoms with Gasteiger partial charge in [0.05, 0.1) is 5.52 Å². The molecule has 3 aromatic heterocycles. The molecule has 0 aliphatic rings. The summed E-state index contributed by atoms with van der Waals surface area (Å²) in [6.45, 7) is 0. The van der Waals surface area contributed by atoms with E-state index in [1.54, 1.807) is 0 Å². The van der Waals surface area contributed by atoms with Crippen LogP contribution in [0.15, 0.2) is 106 Å². The lowest BCUT2D eigenvalue weighted by Gasteiger charge is -2.03. The molecule has 0 spiro atoms. The fourth-order valence-electron chi connectivity index (χ4n) is 5.20. The number of rotatable bonds is 1. The number of hydrogen-bond acceptors (Lipinski definition) is 3. The standard InChI is InChI=1S/C29H16N2O2/c1-2-8-18-17(7-1)13-16-23-26(18)21-15-14-20-19-9-3-5-11-24(19)32-28(20)27(21)31(23)29-30-22-10-4-6-12-25(22)33-29/h1-16H. The molecule has 154 valence electrons. The van der Waals surface area contributed by atoms with Gasteiger partial charge in [-0.05, 0) is 41.1 Å². The highest BCUT2D eigenvalue weighted by molar-refractivity contribution is 6.27. The van der Waals surface area contributed by atoms with Crippen molar-refractivity contribution in [1.29, 1.82) is 0 Å². The number of para-hydroxylation sites is 3. The summed E-state index contributed by atoms with van der Waals surface area (Å²) >= 11 is 0. The molecule has 4 nitrogen and oxygen atoms in total. The molecule has 0 fully saturated rings.